The van der Waals surface area contributed by atoms with Crippen molar-refractivity contribution in [2.45, 2.75) is 6.54 Å². The first kappa shape index (κ1) is 11.8. The molecule has 0 spiro atoms. The molecule has 0 bridgehead atoms. The number of carbonyl (C=O) groups excluding carboxylic acids is 1. The van der Waals surface area contributed by atoms with Gasteiger partial charge in [0.05, 0.1) is 12.1 Å². The van der Waals surface area contributed by atoms with Crippen molar-refractivity contribution in [2.24, 2.45) is 0 Å². The fraction of sp³-hybridized carbons (Fsp3) is 0.0714. The number of thiophene rings is 1. The van der Waals surface area contributed by atoms with Crippen molar-refractivity contribution < 1.29 is 4.79 Å². The number of pyridine rings is 2. The molecule has 0 atom stereocenters. The predicted molar refractivity (Wildman–Crippen MR) is 75.0 cm³/mol. The van der Waals surface area contributed by atoms with Crippen LogP contribution in [0.3, 0.4) is 0 Å². The fourth-order valence-electron chi connectivity index (χ4n) is 1.76. The summed E-state index contributed by atoms with van der Waals surface area (Å²) in [6, 6.07) is 9.33. The quantitative estimate of drug-likeness (QED) is 0.795. The summed E-state index contributed by atoms with van der Waals surface area (Å²) in [5, 5.41) is 5.78. The number of hydrogen-bond acceptors (Lipinski definition) is 4. The van der Waals surface area contributed by atoms with E-state index in [0.29, 0.717) is 12.2 Å². The van der Waals surface area contributed by atoms with Gasteiger partial charge in [-0.3, -0.25) is 9.78 Å². The summed E-state index contributed by atoms with van der Waals surface area (Å²) in [6.45, 7) is 0.534. The van der Waals surface area contributed by atoms with Crippen molar-refractivity contribution >= 4 is 28.1 Å². The highest BCUT2D eigenvalue weighted by Crippen LogP contribution is 2.11. The SMILES string of the molecule is O=C(NCc1cccs1)c1ccc2cnccc2n1. The summed E-state index contributed by atoms with van der Waals surface area (Å²) in [4.78, 5) is 21.5. The highest BCUT2D eigenvalue weighted by molar-refractivity contribution is 7.09. The fourth-order valence-corrected chi connectivity index (χ4v) is 2.41. The highest BCUT2D eigenvalue weighted by atomic mass is 32.1. The van der Waals surface area contributed by atoms with Crippen LogP contribution in [-0.4, -0.2) is 15.9 Å². The topological polar surface area (TPSA) is 54.9 Å². The molecule has 4 nitrogen and oxygen atoms in total. The molecule has 1 amide bonds. The Kier molecular flexibility index (Phi) is 3.20. The van der Waals surface area contributed by atoms with Gasteiger partial charge in [-0.15, -0.1) is 11.3 Å². The van der Waals surface area contributed by atoms with Crippen molar-refractivity contribution in [1.82, 2.24) is 15.3 Å². The average Bonchev–Trinajstić information content (AvgIpc) is 2.97. The van der Waals surface area contributed by atoms with Crippen molar-refractivity contribution in [2.75, 3.05) is 0 Å². The second kappa shape index (κ2) is 5.16. The summed E-state index contributed by atoms with van der Waals surface area (Å²) in [5.74, 6) is -0.160. The normalized spacial score (nSPS) is 10.5. The van der Waals surface area contributed by atoms with Gasteiger partial charge < -0.3 is 5.32 Å². The lowest BCUT2D eigenvalue weighted by atomic mass is 10.2. The molecule has 19 heavy (non-hydrogen) atoms. The summed E-state index contributed by atoms with van der Waals surface area (Å²) in [7, 11) is 0. The van der Waals surface area contributed by atoms with Crippen LogP contribution in [0, 0.1) is 0 Å². The third-order valence-corrected chi connectivity index (χ3v) is 3.60. The van der Waals surface area contributed by atoms with E-state index in [1.165, 1.54) is 0 Å². The monoisotopic (exact) mass is 269 g/mol. The molecular formula is C14H11N3OS. The van der Waals surface area contributed by atoms with E-state index in [2.05, 4.69) is 15.3 Å². The number of nitrogens with one attached hydrogen (secondary N) is 1. The summed E-state index contributed by atoms with van der Waals surface area (Å²) in [6.07, 6.45) is 3.40. The zero-order valence-electron chi connectivity index (χ0n) is 10.0. The van der Waals surface area contributed by atoms with Gasteiger partial charge in [-0.25, -0.2) is 4.98 Å². The zero-order chi connectivity index (χ0) is 13.1. The van der Waals surface area contributed by atoms with E-state index in [4.69, 9.17) is 0 Å². The molecule has 0 unspecified atom stereocenters. The molecule has 0 aliphatic heterocycles. The Morgan fingerprint density at radius 3 is 3.05 bits per heavy atom. The summed E-state index contributed by atoms with van der Waals surface area (Å²) >= 11 is 1.62. The maximum absolute atomic E-state index is 12.0. The Morgan fingerprint density at radius 2 is 2.21 bits per heavy atom. The van der Waals surface area contributed by atoms with E-state index in [-0.39, 0.29) is 5.91 Å². The third-order valence-electron chi connectivity index (χ3n) is 2.73. The molecule has 0 saturated heterocycles. The molecule has 3 aromatic heterocycles. The molecule has 0 radical (unpaired) electrons. The van der Waals surface area contributed by atoms with E-state index in [0.717, 1.165) is 15.8 Å². The highest BCUT2D eigenvalue weighted by Gasteiger charge is 2.08. The number of hydrogen-bond donors (Lipinski definition) is 1. The van der Waals surface area contributed by atoms with E-state index < -0.39 is 0 Å². The van der Waals surface area contributed by atoms with E-state index >= 15 is 0 Å². The molecule has 0 aliphatic rings. The summed E-state index contributed by atoms with van der Waals surface area (Å²) in [5.41, 5.74) is 1.20. The molecule has 0 aromatic carbocycles. The van der Waals surface area contributed by atoms with Gasteiger partial charge in [0.25, 0.3) is 5.91 Å². The van der Waals surface area contributed by atoms with Crippen LogP contribution in [0.5, 0.6) is 0 Å². The van der Waals surface area contributed by atoms with Crippen molar-refractivity contribution in [1.29, 1.82) is 0 Å². The molecule has 5 heteroatoms. The van der Waals surface area contributed by atoms with Crippen molar-refractivity contribution in [3.63, 3.8) is 0 Å². The largest absolute Gasteiger partial charge is 0.346 e. The van der Waals surface area contributed by atoms with Crippen LogP contribution in [0.25, 0.3) is 10.9 Å². The first-order valence-corrected chi connectivity index (χ1v) is 6.72. The van der Waals surface area contributed by atoms with Crippen LogP contribution in [0.4, 0.5) is 0 Å². The number of nitrogens with zero attached hydrogens (tertiary/aromatic N) is 2. The first-order chi connectivity index (χ1) is 9.33. The van der Waals surface area contributed by atoms with E-state index in [1.54, 1.807) is 35.9 Å². The molecule has 0 fully saturated rings. The lowest BCUT2D eigenvalue weighted by molar-refractivity contribution is 0.0946. The number of fused-ring (bicyclic) bond motifs is 1. The molecule has 94 valence electrons. The number of aromatic nitrogens is 2. The third kappa shape index (κ3) is 2.61. The molecule has 0 aliphatic carbocycles. The van der Waals surface area contributed by atoms with Gasteiger partial charge in [-0.2, -0.15) is 0 Å². The van der Waals surface area contributed by atoms with Gasteiger partial charge in [-0.1, -0.05) is 6.07 Å². The van der Waals surface area contributed by atoms with Gasteiger partial charge in [0.15, 0.2) is 0 Å². The maximum Gasteiger partial charge on any atom is 0.270 e. The lowest BCUT2D eigenvalue weighted by Gasteiger charge is -2.04. The van der Waals surface area contributed by atoms with Crippen LogP contribution < -0.4 is 5.32 Å². The molecule has 3 rings (SSSR count). The van der Waals surface area contributed by atoms with E-state index in [9.17, 15) is 4.79 Å². The molecule has 3 aromatic rings. The second-order valence-corrected chi connectivity index (χ2v) is 5.06. The number of rotatable bonds is 3. The Hall–Kier alpha value is -2.27. The van der Waals surface area contributed by atoms with Crippen LogP contribution in [0.15, 0.2) is 48.1 Å². The predicted octanol–water partition coefficient (Wildman–Crippen LogP) is 2.62. The maximum atomic E-state index is 12.0. The van der Waals surface area contributed by atoms with Gasteiger partial charge in [0.2, 0.25) is 0 Å². The first-order valence-electron chi connectivity index (χ1n) is 5.84. The Balaban J connectivity index is 1.77. The standard InChI is InChI=1S/C14H11N3OS/c18-14(16-9-11-2-1-7-19-11)13-4-3-10-8-15-6-5-12(10)17-13/h1-8H,9H2,(H,16,18). The van der Waals surface area contributed by atoms with Gasteiger partial charge in [0.1, 0.15) is 5.69 Å². The Morgan fingerprint density at radius 1 is 1.26 bits per heavy atom. The van der Waals surface area contributed by atoms with E-state index in [1.807, 2.05) is 23.6 Å². The van der Waals surface area contributed by atoms with Crippen LogP contribution in [0.1, 0.15) is 15.4 Å². The second-order valence-electron chi connectivity index (χ2n) is 4.03. The van der Waals surface area contributed by atoms with Crippen LogP contribution in [-0.2, 0) is 6.54 Å². The van der Waals surface area contributed by atoms with Crippen LogP contribution in [0.2, 0.25) is 0 Å². The molecular weight excluding hydrogens is 258 g/mol. The molecule has 3 heterocycles. The van der Waals surface area contributed by atoms with Gasteiger partial charge in [0, 0.05) is 22.7 Å². The number of amides is 1. The smallest absolute Gasteiger partial charge is 0.270 e. The van der Waals surface area contributed by atoms with Gasteiger partial charge >= 0.3 is 0 Å². The summed E-state index contributed by atoms with van der Waals surface area (Å²) < 4.78 is 0. The zero-order valence-corrected chi connectivity index (χ0v) is 10.9. The Labute approximate surface area is 114 Å². The van der Waals surface area contributed by atoms with Crippen LogP contribution >= 0.6 is 11.3 Å². The number of carbonyl (C=O) groups is 1. The van der Waals surface area contributed by atoms with Crippen molar-refractivity contribution in [3.8, 4) is 0 Å². The minimum atomic E-state index is -0.160. The minimum Gasteiger partial charge on any atom is -0.346 e. The minimum absolute atomic E-state index is 0.160. The Bertz CT molecular complexity index is 710. The van der Waals surface area contributed by atoms with Crippen molar-refractivity contribution in [3.05, 3.63) is 58.7 Å². The van der Waals surface area contributed by atoms with Gasteiger partial charge in [-0.05, 0) is 29.6 Å². The molecule has 1 N–H and O–H groups in total. The molecule has 0 saturated carbocycles. The lowest BCUT2D eigenvalue weighted by Crippen LogP contribution is -2.23. The average molecular weight is 269 g/mol.